The van der Waals surface area contributed by atoms with Crippen LogP contribution in [0.1, 0.15) is 12.5 Å². The van der Waals surface area contributed by atoms with Gasteiger partial charge in [-0.2, -0.15) is 0 Å². The predicted octanol–water partition coefficient (Wildman–Crippen LogP) is 2.26. The van der Waals surface area contributed by atoms with Gasteiger partial charge in [-0.3, -0.25) is 10.2 Å². The first kappa shape index (κ1) is 12.7. The number of nitrogens with one attached hydrogen (secondary N) is 2. The zero-order chi connectivity index (χ0) is 13.9. The average Bonchev–Trinajstić information content (AvgIpc) is 2.87. The second-order valence-electron chi connectivity index (χ2n) is 4.61. The standard InChI is InChI=1S/C16H16N2O2/c1-2-20-15-8-7-11(9-12-10-17-18-16(12)19)13-5-3-4-6-14(13)15/h3-9,17H,2,10H2,1H3,(H,18,19)/b12-9+. The summed E-state index contributed by atoms with van der Waals surface area (Å²) < 4.78 is 5.65. The Morgan fingerprint density at radius 2 is 2.00 bits per heavy atom. The van der Waals surface area contributed by atoms with Crippen molar-refractivity contribution in [2.45, 2.75) is 6.92 Å². The normalized spacial score (nSPS) is 16.6. The quantitative estimate of drug-likeness (QED) is 0.839. The number of rotatable bonds is 3. The minimum absolute atomic E-state index is 0.0667. The lowest BCUT2D eigenvalue weighted by Crippen LogP contribution is -2.25. The zero-order valence-corrected chi connectivity index (χ0v) is 11.3. The molecule has 1 aliphatic heterocycles. The summed E-state index contributed by atoms with van der Waals surface area (Å²) in [5.74, 6) is 0.808. The molecule has 20 heavy (non-hydrogen) atoms. The number of carbonyl (C=O) groups excluding carboxylic acids is 1. The van der Waals surface area contributed by atoms with E-state index in [1.54, 1.807) is 0 Å². The number of ether oxygens (including phenoxy) is 1. The van der Waals surface area contributed by atoms with Crippen molar-refractivity contribution in [3.8, 4) is 5.75 Å². The first-order valence-corrected chi connectivity index (χ1v) is 6.68. The van der Waals surface area contributed by atoms with E-state index in [9.17, 15) is 4.79 Å². The van der Waals surface area contributed by atoms with Crippen LogP contribution in [0.4, 0.5) is 0 Å². The lowest BCUT2D eigenvalue weighted by Gasteiger charge is -2.10. The zero-order valence-electron chi connectivity index (χ0n) is 11.3. The topological polar surface area (TPSA) is 50.4 Å². The van der Waals surface area contributed by atoms with Crippen LogP contribution in [0.3, 0.4) is 0 Å². The second-order valence-corrected chi connectivity index (χ2v) is 4.61. The summed E-state index contributed by atoms with van der Waals surface area (Å²) in [4.78, 5) is 11.6. The maximum atomic E-state index is 11.6. The second kappa shape index (κ2) is 5.35. The molecule has 0 spiro atoms. The van der Waals surface area contributed by atoms with E-state index in [1.807, 2.05) is 49.4 Å². The molecule has 102 valence electrons. The molecule has 0 radical (unpaired) electrons. The van der Waals surface area contributed by atoms with Crippen molar-refractivity contribution in [2.75, 3.05) is 13.2 Å². The number of fused-ring (bicyclic) bond motifs is 1. The molecule has 1 saturated heterocycles. The van der Waals surface area contributed by atoms with E-state index < -0.39 is 0 Å². The fraction of sp³-hybridized carbons (Fsp3) is 0.188. The molecule has 2 aromatic rings. The lowest BCUT2D eigenvalue weighted by molar-refractivity contribution is -0.116. The van der Waals surface area contributed by atoms with Crippen LogP contribution in [-0.4, -0.2) is 19.1 Å². The highest BCUT2D eigenvalue weighted by Crippen LogP contribution is 2.30. The van der Waals surface area contributed by atoms with Crippen molar-refractivity contribution in [3.05, 3.63) is 47.5 Å². The van der Waals surface area contributed by atoms with Crippen molar-refractivity contribution in [1.29, 1.82) is 0 Å². The molecule has 0 aromatic heterocycles. The van der Waals surface area contributed by atoms with Crippen LogP contribution in [0, 0.1) is 0 Å². The molecular formula is C16H16N2O2. The minimum atomic E-state index is -0.0667. The van der Waals surface area contributed by atoms with Gasteiger partial charge >= 0.3 is 0 Å². The van der Waals surface area contributed by atoms with Gasteiger partial charge in [-0.05, 0) is 30.0 Å². The maximum absolute atomic E-state index is 11.6. The smallest absolute Gasteiger partial charge is 0.262 e. The van der Waals surface area contributed by atoms with Crippen LogP contribution in [0.5, 0.6) is 5.75 Å². The van der Waals surface area contributed by atoms with Gasteiger partial charge < -0.3 is 4.74 Å². The highest BCUT2D eigenvalue weighted by Gasteiger charge is 2.16. The molecule has 0 atom stereocenters. The third-order valence-electron chi connectivity index (χ3n) is 3.32. The van der Waals surface area contributed by atoms with E-state index in [0.29, 0.717) is 13.2 Å². The Balaban J connectivity index is 2.13. The molecule has 2 N–H and O–H groups in total. The molecule has 0 bridgehead atoms. The number of hydrogen-bond donors (Lipinski definition) is 2. The summed E-state index contributed by atoms with van der Waals surface area (Å²) >= 11 is 0. The van der Waals surface area contributed by atoms with Crippen LogP contribution in [0.2, 0.25) is 0 Å². The Morgan fingerprint density at radius 3 is 2.70 bits per heavy atom. The van der Waals surface area contributed by atoms with Crippen molar-refractivity contribution in [3.63, 3.8) is 0 Å². The summed E-state index contributed by atoms with van der Waals surface area (Å²) in [5.41, 5.74) is 7.18. The van der Waals surface area contributed by atoms with E-state index in [2.05, 4.69) is 10.9 Å². The van der Waals surface area contributed by atoms with Crippen molar-refractivity contribution >= 4 is 22.8 Å². The fourth-order valence-corrected chi connectivity index (χ4v) is 2.39. The molecule has 1 heterocycles. The molecule has 1 amide bonds. The van der Waals surface area contributed by atoms with Gasteiger partial charge in [0, 0.05) is 17.5 Å². The fourth-order valence-electron chi connectivity index (χ4n) is 2.39. The highest BCUT2D eigenvalue weighted by atomic mass is 16.5. The van der Waals surface area contributed by atoms with E-state index in [0.717, 1.165) is 27.7 Å². The van der Waals surface area contributed by atoms with Gasteiger partial charge in [-0.15, -0.1) is 0 Å². The lowest BCUT2D eigenvalue weighted by atomic mass is 10.0. The highest BCUT2D eigenvalue weighted by molar-refractivity contribution is 6.03. The Kier molecular flexibility index (Phi) is 3.39. The first-order chi connectivity index (χ1) is 9.79. The third kappa shape index (κ3) is 2.26. The molecule has 4 heteroatoms. The van der Waals surface area contributed by atoms with Crippen molar-refractivity contribution in [1.82, 2.24) is 10.9 Å². The Labute approximate surface area is 117 Å². The Morgan fingerprint density at radius 1 is 1.20 bits per heavy atom. The largest absolute Gasteiger partial charge is 0.493 e. The molecule has 0 unspecified atom stereocenters. The summed E-state index contributed by atoms with van der Waals surface area (Å²) in [6, 6.07) is 12.0. The molecule has 3 rings (SSSR count). The Bertz CT molecular complexity index is 692. The van der Waals surface area contributed by atoms with Gasteiger partial charge in [-0.25, -0.2) is 5.43 Å². The number of hydrazine groups is 1. The summed E-state index contributed by atoms with van der Waals surface area (Å²) in [6.45, 7) is 3.15. The minimum Gasteiger partial charge on any atom is -0.493 e. The van der Waals surface area contributed by atoms with E-state index in [4.69, 9.17) is 4.74 Å². The monoisotopic (exact) mass is 268 g/mol. The molecule has 0 aliphatic carbocycles. The van der Waals surface area contributed by atoms with Crippen molar-refractivity contribution < 1.29 is 9.53 Å². The van der Waals surface area contributed by atoms with Crippen LogP contribution in [0.25, 0.3) is 16.8 Å². The number of carbonyl (C=O) groups is 1. The molecule has 0 saturated carbocycles. The first-order valence-electron chi connectivity index (χ1n) is 6.68. The van der Waals surface area contributed by atoms with Crippen LogP contribution >= 0.6 is 0 Å². The molecule has 1 fully saturated rings. The predicted molar refractivity (Wildman–Crippen MR) is 79.2 cm³/mol. The van der Waals surface area contributed by atoms with E-state index in [1.165, 1.54) is 0 Å². The summed E-state index contributed by atoms with van der Waals surface area (Å²) in [6.07, 6.45) is 1.92. The third-order valence-corrected chi connectivity index (χ3v) is 3.32. The van der Waals surface area contributed by atoms with E-state index >= 15 is 0 Å². The Hall–Kier alpha value is -2.33. The van der Waals surface area contributed by atoms with Crippen LogP contribution < -0.4 is 15.6 Å². The summed E-state index contributed by atoms with van der Waals surface area (Å²) in [7, 11) is 0. The number of amides is 1. The van der Waals surface area contributed by atoms with Gasteiger partial charge in [0.15, 0.2) is 0 Å². The molecule has 1 aliphatic rings. The van der Waals surface area contributed by atoms with Crippen molar-refractivity contribution in [2.24, 2.45) is 0 Å². The van der Waals surface area contributed by atoms with E-state index in [-0.39, 0.29) is 5.91 Å². The maximum Gasteiger partial charge on any atom is 0.262 e. The summed E-state index contributed by atoms with van der Waals surface area (Å²) in [5, 5.41) is 2.15. The van der Waals surface area contributed by atoms with Crippen LogP contribution in [-0.2, 0) is 4.79 Å². The van der Waals surface area contributed by atoms with Gasteiger partial charge in [0.2, 0.25) is 0 Å². The van der Waals surface area contributed by atoms with Gasteiger partial charge in [0.1, 0.15) is 5.75 Å². The van der Waals surface area contributed by atoms with Gasteiger partial charge in [0.05, 0.1) is 6.61 Å². The van der Waals surface area contributed by atoms with Gasteiger partial charge in [-0.1, -0.05) is 30.3 Å². The number of benzene rings is 2. The van der Waals surface area contributed by atoms with Gasteiger partial charge in [0.25, 0.3) is 5.91 Å². The SMILES string of the molecule is CCOc1ccc(/C=C2\CNNC2=O)c2ccccc12. The number of hydrogen-bond acceptors (Lipinski definition) is 3. The molecule has 2 aromatic carbocycles. The average molecular weight is 268 g/mol. The van der Waals surface area contributed by atoms with Crippen LogP contribution in [0.15, 0.2) is 42.0 Å². The molecular weight excluding hydrogens is 252 g/mol. The molecule has 4 nitrogen and oxygen atoms in total.